The number of aromatic nitrogens is 2. The first-order chi connectivity index (χ1) is 23.3. The van der Waals surface area contributed by atoms with Gasteiger partial charge >= 0.3 is 12.2 Å². The number of carbonyl (C=O) groups excluding carboxylic acids is 1. The zero-order valence-corrected chi connectivity index (χ0v) is 28.1. The first-order valence-corrected chi connectivity index (χ1v) is 16.5. The molecule has 2 fully saturated rings. The van der Waals surface area contributed by atoms with Crippen LogP contribution in [0.5, 0.6) is 6.01 Å². The first-order valence-electron chi connectivity index (χ1n) is 16.1. The molecule has 2 saturated heterocycles. The van der Waals surface area contributed by atoms with Crippen LogP contribution in [-0.4, -0.2) is 90.4 Å². The maximum atomic E-state index is 14.1. The number of aliphatic imine (C=N–C) groups is 1. The van der Waals surface area contributed by atoms with E-state index in [2.05, 4.69) is 9.89 Å². The lowest BCUT2D eigenvalue weighted by atomic mass is 9.94. The maximum absolute atomic E-state index is 14.1. The van der Waals surface area contributed by atoms with Gasteiger partial charge in [-0.2, -0.15) is 23.1 Å². The molecule has 49 heavy (non-hydrogen) atoms. The Morgan fingerprint density at radius 3 is 2.76 bits per heavy atom. The molecule has 4 aliphatic rings. The van der Waals surface area contributed by atoms with Crippen molar-refractivity contribution in [3.05, 3.63) is 63.2 Å². The average molecular weight is 707 g/mol. The third-order valence-corrected chi connectivity index (χ3v) is 9.98. The molecule has 0 unspecified atom stereocenters. The maximum Gasteiger partial charge on any atom is 0.416 e. The number of alkyl halides is 3. The Bertz CT molecular complexity index is 1720. The van der Waals surface area contributed by atoms with Gasteiger partial charge < -0.3 is 30.7 Å². The molecule has 1 aromatic carbocycles. The normalized spacial score (nSPS) is 24.2. The minimum Gasteiger partial charge on any atom is -0.461 e. The Hall–Kier alpha value is -3.95. The fraction of sp³-hybridized carbons (Fsp3) is 0.515. The smallest absolute Gasteiger partial charge is 0.416 e. The van der Waals surface area contributed by atoms with Crippen molar-refractivity contribution in [3.8, 4) is 6.01 Å². The molecule has 16 heteroatoms. The number of ether oxygens (including phenoxy) is 2. The number of rotatable bonds is 7. The van der Waals surface area contributed by atoms with Gasteiger partial charge in [0.05, 0.1) is 53.1 Å². The average Bonchev–Trinajstić information content (AvgIpc) is 3.52. The molecule has 0 spiro atoms. The van der Waals surface area contributed by atoms with E-state index in [1.165, 1.54) is 17.0 Å². The summed E-state index contributed by atoms with van der Waals surface area (Å²) >= 11 is 6.63. The molecule has 0 saturated carbocycles. The van der Waals surface area contributed by atoms with Gasteiger partial charge in [-0.05, 0) is 61.6 Å². The van der Waals surface area contributed by atoms with Gasteiger partial charge in [-0.1, -0.05) is 11.6 Å². The number of hydrogen-bond acceptors (Lipinski definition) is 10. The molecular weight excluding hydrogens is 668 g/mol. The summed E-state index contributed by atoms with van der Waals surface area (Å²) in [7, 11) is 3.13. The lowest BCUT2D eigenvalue weighted by Gasteiger charge is -2.33. The van der Waals surface area contributed by atoms with Crippen molar-refractivity contribution in [2.24, 2.45) is 10.7 Å². The van der Waals surface area contributed by atoms with Crippen LogP contribution < -0.4 is 21.1 Å². The standard InChI is InChI=1S/C33H39ClF4N8O3/c1-44(2)30(47)28(40)27(34)25-16-45(9-4-8-41-25)29-22-17-48-26(21-11-20(39)5-6-23(21)33(36,37)38)12-24(22)42-31(43-29)49-18-32-7-3-10-46(32)15-19(13-32)14-35/h5-6,11,14,26H,3-4,7-10,12-13,15-18,39-40H2,1-2H3/b19-14-,28-27?/t26-,32-/m0/s1. The minimum atomic E-state index is -4.62. The van der Waals surface area contributed by atoms with Gasteiger partial charge in [-0.3, -0.25) is 14.7 Å². The highest BCUT2D eigenvalue weighted by atomic mass is 35.5. The lowest BCUT2D eigenvalue weighted by molar-refractivity contribution is -0.139. The summed E-state index contributed by atoms with van der Waals surface area (Å²) in [5.74, 6) is -0.00832. The number of benzene rings is 1. The Labute approximate surface area is 286 Å². The summed E-state index contributed by atoms with van der Waals surface area (Å²) < 4.78 is 68.1. The monoisotopic (exact) mass is 706 g/mol. The molecule has 6 rings (SSSR count). The van der Waals surface area contributed by atoms with Crippen molar-refractivity contribution in [2.45, 2.75) is 56.5 Å². The topological polar surface area (TPSA) is 135 Å². The van der Waals surface area contributed by atoms with Crippen molar-refractivity contribution < 1.29 is 31.8 Å². The van der Waals surface area contributed by atoms with E-state index in [0.717, 1.165) is 25.5 Å². The van der Waals surface area contributed by atoms with Crippen LogP contribution in [0, 0.1) is 0 Å². The summed E-state index contributed by atoms with van der Waals surface area (Å²) in [5.41, 5.74) is 12.9. The summed E-state index contributed by atoms with van der Waals surface area (Å²) in [5, 5.41) is 0.0287. The molecule has 1 aromatic heterocycles. The van der Waals surface area contributed by atoms with E-state index in [1.54, 1.807) is 14.1 Å². The summed E-state index contributed by atoms with van der Waals surface area (Å²) in [6.45, 7) is 2.52. The second-order valence-electron chi connectivity index (χ2n) is 13.1. The molecule has 2 atom stereocenters. The van der Waals surface area contributed by atoms with Gasteiger partial charge in [0, 0.05) is 51.4 Å². The predicted octanol–water partition coefficient (Wildman–Crippen LogP) is 4.51. The van der Waals surface area contributed by atoms with Crippen LogP contribution in [0.2, 0.25) is 0 Å². The van der Waals surface area contributed by atoms with Gasteiger partial charge in [0.15, 0.2) is 0 Å². The van der Waals surface area contributed by atoms with Gasteiger partial charge in [-0.15, -0.1) is 0 Å². The second-order valence-corrected chi connectivity index (χ2v) is 13.5. The van der Waals surface area contributed by atoms with Crippen LogP contribution in [-0.2, 0) is 28.7 Å². The molecular formula is C33H39ClF4N8O3. The van der Waals surface area contributed by atoms with Gasteiger partial charge in [-0.25, -0.2) is 4.39 Å². The van der Waals surface area contributed by atoms with Crippen LogP contribution in [0.3, 0.4) is 0 Å². The second kappa shape index (κ2) is 13.8. The zero-order valence-electron chi connectivity index (χ0n) is 27.3. The van der Waals surface area contributed by atoms with E-state index >= 15 is 0 Å². The largest absolute Gasteiger partial charge is 0.461 e. The molecule has 0 radical (unpaired) electrons. The van der Waals surface area contributed by atoms with Gasteiger partial charge in [0.25, 0.3) is 5.91 Å². The number of halogens is 5. The first kappa shape index (κ1) is 34.9. The van der Waals surface area contributed by atoms with Crippen LogP contribution in [0.4, 0.5) is 29.1 Å². The van der Waals surface area contributed by atoms with Crippen LogP contribution >= 0.6 is 11.6 Å². The van der Waals surface area contributed by atoms with Crippen molar-refractivity contribution in [3.63, 3.8) is 0 Å². The van der Waals surface area contributed by atoms with Crippen molar-refractivity contribution >= 4 is 34.7 Å². The minimum absolute atomic E-state index is 0.000514. The Balaban J connectivity index is 1.37. The lowest BCUT2D eigenvalue weighted by Crippen LogP contribution is -2.43. The Morgan fingerprint density at radius 2 is 2.02 bits per heavy atom. The highest BCUT2D eigenvalue weighted by molar-refractivity contribution is 6.45. The van der Waals surface area contributed by atoms with Crippen LogP contribution in [0.1, 0.15) is 54.2 Å². The summed E-state index contributed by atoms with van der Waals surface area (Å²) in [4.78, 5) is 32.2. The van der Waals surface area contributed by atoms with Crippen LogP contribution in [0.25, 0.3) is 0 Å². The third-order valence-electron chi connectivity index (χ3n) is 9.56. The van der Waals surface area contributed by atoms with Crippen molar-refractivity contribution in [2.75, 3.05) is 64.1 Å². The predicted molar refractivity (Wildman–Crippen MR) is 177 cm³/mol. The fourth-order valence-electron chi connectivity index (χ4n) is 7.11. The fourth-order valence-corrected chi connectivity index (χ4v) is 7.31. The molecule has 0 aliphatic carbocycles. The zero-order chi connectivity index (χ0) is 35.1. The summed E-state index contributed by atoms with van der Waals surface area (Å²) in [6, 6.07) is 3.50. The van der Waals surface area contributed by atoms with E-state index in [0.29, 0.717) is 67.2 Å². The highest BCUT2D eigenvalue weighted by Gasteiger charge is 2.47. The number of fused-ring (bicyclic) bond motifs is 2. The number of anilines is 2. The molecule has 2 aromatic rings. The number of likely N-dealkylation sites (N-methyl/N-ethyl adjacent to an activating group) is 1. The number of nitrogens with two attached hydrogens (primary N) is 2. The van der Waals surface area contributed by atoms with Crippen molar-refractivity contribution in [1.29, 1.82) is 0 Å². The Kier molecular flexibility index (Phi) is 9.79. The number of amides is 1. The SMILES string of the molecule is CN(C)C(=O)C(N)=C(Cl)C1=NCCCN(c2nc(OC[C@@]34CCCN3C/C(=C\F)C4)nc3c2CO[C@H](c2cc(N)ccc2C(F)(F)F)C3)C1. The molecule has 4 N–H and O–H groups in total. The van der Waals surface area contributed by atoms with Crippen molar-refractivity contribution in [1.82, 2.24) is 19.8 Å². The molecule has 0 bridgehead atoms. The van der Waals surface area contributed by atoms with Gasteiger partial charge in [0.1, 0.15) is 18.1 Å². The number of hydrogen-bond donors (Lipinski definition) is 2. The van der Waals surface area contributed by atoms with Gasteiger partial charge in [0.2, 0.25) is 0 Å². The molecule has 4 aliphatic heterocycles. The third kappa shape index (κ3) is 7.06. The quantitative estimate of drug-likeness (QED) is 0.242. The molecule has 1 amide bonds. The Morgan fingerprint density at radius 1 is 1.22 bits per heavy atom. The number of carbonyl (C=O) groups is 1. The van der Waals surface area contributed by atoms with Crippen LogP contribution in [0.15, 0.2) is 45.8 Å². The highest BCUT2D eigenvalue weighted by Crippen LogP contribution is 2.43. The van der Waals surface area contributed by atoms with E-state index in [4.69, 9.17) is 42.5 Å². The molecule has 5 heterocycles. The van der Waals surface area contributed by atoms with E-state index in [1.807, 2.05) is 4.90 Å². The van der Waals surface area contributed by atoms with E-state index < -0.39 is 29.3 Å². The number of nitrogen functional groups attached to an aromatic ring is 1. The van der Waals surface area contributed by atoms with E-state index in [9.17, 15) is 22.4 Å². The van der Waals surface area contributed by atoms with E-state index in [-0.39, 0.29) is 54.2 Å². The molecule has 11 nitrogen and oxygen atoms in total. The molecule has 264 valence electrons. The summed E-state index contributed by atoms with van der Waals surface area (Å²) in [6.07, 6.45) is -2.05. The number of nitrogens with zero attached hydrogens (tertiary/aromatic N) is 6.